The Hall–Kier alpha value is -2.85. The van der Waals surface area contributed by atoms with Gasteiger partial charge in [0.1, 0.15) is 12.7 Å². The Morgan fingerprint density at radius 3 is 1.59 bits per heavy atom. The first kappa shape index (κ1) is 51.1. The summed E-state index contributed by atoms with van der Waals surface area (Å²) in [5.74, 6) is -1.02. The number of unbranched alkanes of at least 4 members (excludes halogenated alkanes) is 8. The van der Waals surface area contributed by atoms with Crippen molar-refractivity contribution in [2.75, 3.05) is 26.4 Å². The number of ether oxygens (including phenoxy) is 2. The van der Waals surface area contributed by atoms with Gasteiger partial charge in [-0.25, -0.2) is 4.57 Å². The van der Waals surface area contributed by atoms with Gasteiger partial charge in [-0.05, 0) is 77.0 Å². The molecule has 0 fully saturated rings. The van der Waals surface area contributed by atoms with Gasteiger partial charge in [0.15, 0.2) is 6.10 Å². The molecule has 0 saturated heterocycles. The third-order valence-electron chi connectivity index (χ3n) is 7.78. The second kappa shape index (κ2) is 38.4. The molecule has 0 heterocycles. The molecule has 0 spiro atoms. The maximum absolute atomic E-state index is 12.6. The van der Waals surface area contributed by atoms with Gasteiger partial charge < -0.3 is 24.6 Å². The van der Waals surface area contributed by atoms with Crippen LogP contribution in [0.2, 0.25) is 0 Å². The van der Waals surface area contributed by atoms with Crippen LogP contribution in [0.25, 0.3) is 0 Å². The fourth-order valence-corrected chi connectivity index (χ4v) is 5.48. The van der Waals surface area contributed by atoms with E-state index >= 15 is 0 Å². The van der Waals surface area contributed by atoms with E-state index in [1.54, 1.807) is 0 Å². The number of esters is 2. The van der Waals surface area contributed by atoms with E-state index in [2.05, 4.69) is 91.3 Å². The Morgan fingerprint density at radius 2 is 1.04 bits per heavy atom. The third-order valence-corrected chi connectivity index (χ3v) is 8.73. The van der Waals surface area contributed by atoms with Gasteiger partial charge in [0.2, 0.25) is 0 Å². The molecule has 3 atom stereocenters. The van der Waals surface area contributed by atoms with E-state index in [9.17, 15) is 24.2 Å². The van der Waals surface area contributed by atoms with Gasteiger partial charge in [-0.15, -0.1) is 0 Å². The average molecular weight is 779 g/mol. The molecule has 0 aromatic heterocycles. The van der Waals surface area contributed by atoms with Crippen LogP contribution in [0, 0.1) is 0 Å². The van der Waals surface area contributed by atoms with Crippen LogP contribution in [-0.4, -0.2) is 65.7 Å². The van der Waals surface area contributed by atoms with E-state index in [1.807, 2.05) is 12.2 Å². The number of rotatable bonds is 36. The molecule has 0 amide bonds. The number of allylic oxidation sites excluding steroid dienone is 14. The first-order valence-corrected chi connectivity index (χ1v) is 21.5. The minimum atomic E-state index is -4.64. The van der Waals surface area contributed by atoms with Gasteiger partial charge in [-0.3, -0.25) is 18.6 Å². The highest BCUT2D eigenvalue weighted by atomic mass is 31.2. The van der Waals surface area contributed by atoms with Gasteiger partial charge in [0, 0.05) is 12.8 Å². The minimum absolute atomic E-state index is 0.0978. The average Bonchev–Trinajstić information content (AvgIpc) is 3.16. The predicted molar refractivity (Wildman–Crippen MR) is 219 cm³/mol. The van der Waals surface area contributed by atoms with E-state index in [4.69, 9.17) is 19.1 Å². The van der Waals surface area contributed by atoms with Crippen molar-refractivity contribution in [3.63, 3.8) is 0 Å². The monoisotopic (exact) mass is 778 g/mol. The zero-order chi connectivity index (χ0) is 39.8. The van der Waals surface area contributed by atoms with Crippen molar-refractivity contribution >= 4 is 19.8 Å². The van der Waals surface area contributed by atoms with Crippen LogP contribution >= 0.6 is 7.82 Å². The Bertz CT molecular complexity index is 1170. The van der Waals surface area contributed by atoms with Gasteiger partial charge in [0.05, 0.1) is 19.8 Å². The quantitative estimate of drug-likeness (QED) is 0.0243. The first-order valence-electron chi connectivity index (χ1n) is 20.0. The zero-order valence-electron chi connectivity index (χ0n) is 33.1. The van der Waals surface area contributed by atoms with Crippen molar-refractivity contribution in [3.05, 3.63) is 85.1 Å². The van der Waals surface area contributed by atoms with Crippen molar-refractivity contribution in [2.45, 2.75) is 148 Å². The molecule has 1 unspecified atom stereocenters. The third kappa shape index (κ3) is 37.5. The lowest BCUT2D eigenvalue weighted by molar-refractivity contribution is -0.161. The van der Waals surface area contributed by atoms with Crippen molar-refractivity contribution in [1.82, 2.24) is 0 Å². The van der Waals surface area contributed by atoms with E-state index in [0.717, 1.165) is 77.0 Å². The molecule has 0 radical (unpaired) electrons. The van der Waals surface area contributed by atoms with Crippen LogP contribution in [0.4, 0.5) is 0 Å². The summed E-state index contributed by atoms with van der Waals surface area (Å²) in [5, 5.41) is 18.3. The summed E-state index contributed by atoms with van der Waals surface area (Å²) in [6.07, 6.45) is 44.1. The van der Waals surface area contributed by atoms with Gasteiger partial charge >= 0.3 is 19.8 Å². The molecule has 0 rings (SSSR count). The normalized spacial score (nSPS) is 14.8. The van der Waals surface area contributed by atoms with Crippen LogP contribution in [0.5, 0.6) is 0 Å². The second-order valence-electron chi connectivity index (χ2n) is 12.9. The van der Waals surface area contributed by atoms with Crippen LogP contribution in [0.15, 0.2) is 85.1 Å². The number of carbonyl (C=O) groups is 2. The maximum atomic E-state index is 12.6. The Kier molecular flexibility index (Phi) is 36.4. The Morgan fingerprint density at radius 1 is 0.574 bits per heavy atom. The summed E-state index contributed by atoms with van der Waals surface area (Å²) in [4.78, 5) is 34.9. The molecule has 11 heteroatoms. The van der Waals surface area contributed by atoms with Gasteiger partial charge in [-0.1, -0.05) is 131 Å². The van der Waals surface area contributed by atoms with Gasteiger partial charge in [-0.2, -0.15) is 0 Å². The number of phosphoric ester groups is 1. The minimum Gasteiger partial charge on any atom is -0.462 e. The number of carbonyl (C=O) groups excluding carboxylic acids is 2. The molecule has 0 aliphatic rings. The van der Waals surface area contributed by atoms with Crippen LogP contribution in [0.1, 0.15) is 136 Å². The lowest BCUT2D eigenvalue weighted by atomic mass is 10.1. The fraction of sp³-hybridized carbons (Fsp3) is 0.628. The highest BCUT2D eigenvalue weighted by Gasteiger charge is 2.27. The van der Waals surface area contributed by atoms with Crippen LogP contribution in [0.3, 0.4) is 0 Å². The van der Waals surface area contributed by atoms with Crippen LogP contribution in [-0.2, 0) is 32.7 Å². The number of aliphatic hydroxyl groups excluding tert-OH is 2. The van der Waals surface area contributed by atoms with Gasteiger partial charge in [0.25, 0.3) is 0 Å². The second-order valence-corrected chi connectivity index (χ2v) is 14.4. The maximum Gasteiger partial charge on any atom is 0.472 e. The molecule has 308 valence electrons. The number of aliphatic hydroxyl groups is 2. The van der Waals surface area contributed by atoms with E-state index in [1.165, 1.54) is 12.8 Å². The molecule has 0 bridgehead atoms. The number of hydrogen-bond acceptors (Lipinski definition) is 9. The standard InChI is InChI=1S/C43H71O10P/c1-3-5-7-9-11-13-15-17-19-20-21-23-25-27-29-31-33-35-43(47)53-41(39-52-54(48,49)51-37-40(45)36-44)38-50-42(46)34-32-30-28-26-24-22-18-16-14-12-10-8-6-4-2/h5,7,10-13,16-19,21,23,27,29,40-41,44-45H,3-4,6,8-9,14-15,20,22,24-26,28,30-39H2,1-2H3,(H,48,49)/b7-5+,12-10+,13-11+,18-16+,19-17+,23-21+,29-27+/t40-,41+/m0/s1. The molecule has 3 N–H and O–H groups in total. The molecule has 10 nitrogen and oxygen atoms in total. The number of phosphoric acid groups is 1. The molecule has 0 aromatic rings. The summed E-state index contributed by atoms with van der Waals surface area (Å²) < 4.78 is 32.6. The van der Waals surface area contributed by atoms with E-state index < -0.39 is 51.8 Å². The molecular weight excluding hydrogens is 707 g/mol. The smallest absolute Gasteiger partial charge is 0.462 e. The topological polar surface area (TPSA) is 149 Å². The van der Waals surface area contributed by atoms with Crippen molar-refractivity contribution in [3.8, 4) is 0 Å². The molecular formula is C43H71O10P. The Balaban J connectivity index is 4.49. The number of hydrogen-bond donors (Lipinski definition) is 3. The molecule has 0 aliphatic carbocycles. The molecule has 0 saturated carbocycles. The summed E-state index contributed by atoms with van der Waals surface area (Å²) in [7, 11) is -4.64. The van der Waals surface area contributed by atoms with Crippen molar-refractivity contribution < 1.29 is 47.8 Å². The fourth-order valence-electron chi connectivity index (χ4n) is 4.69. The van der Waals surface area contributed by atoms with Crippen molar-refractivity contribution in [1.29, 1.82) is 0 Å². The van der Waals surface area contributed by atoms with Crippen molar-refractivity contribution in [2.24, 2.45) is 0 Å². The van der Waals surface area contributed by atoms with E-state index in [-0.39, 0.29) is 19.4 Å². The lowest BCUT2D eigenvalue weighted by Crippen LogP contribution is -2.29. The summed E-state index contributed by atoms with van der Waals surface area (Å²) in [6.45, 7) is 2.11. The first-order chi connectivity index (χ1) is 26.2. The Labute approximate surface area is 326 Å². The lowest BCUT2D eigenvalue weighted by Gasteiger charge is -2.20. The molecule has 54 heavy (non-hydrogen) atoms. The summed E-state index contributed by atoms with van der Waals surface area (Å²) in [5.41, 5.74) is 0. The predicted octanol–water partition coefficient (Wildman–Crippen LogP) is 10.3. The highest BCUT2D eigenvalue weighted by Crippen LogP contribution is 2.43. The largest absolute Gasteiger partial charge is 0.472 e. The molecule has 0 aliphatic heterocycles. The van der Waals surface area contributed by atoms with Crippen LogP contribution < -0.4 is 0 Å². The summed E-state index contributed by atoms with van der Waals surface area (Å²) >= 11 is 0. The highest BCUT2D eigenvalue weighted by molar-refractivity contribution is 7.47. The summed E-state index contributed by atoms with van der Waals surface area (Å²) in [6, 6.07) is 0. The SMILES string of the molecule is CC/C=C/C/C=C/C/C=C/C/C=C/C/C=C/CCCC(=O)O[C@H](COC(=O)CCCCCCC/C=C/C/C=C/CCCC)COP(=O)(O)OC[C@@H](O)CO. The zero-order valence-corrected chi connectivity index (χ0v) is 34.0. The van der Waals surface area contributed by atoms with E-state index in [0.29, 0.717) is 19.3 Å². The molecule has 0 aromatic carbocycles.